The molecule has 8 heteroatoms. The first-order valence-electron chi connectivity index (χ1n) is 7.83. The highest BCUT2D eigenvalue weighted by atomic mass is 35.5. The maximum absolute atomic E-state index is 12.3. The van der Waals surface area contributed by atoms with Crippen LogP contribution in [0.4, 0.5) is 5.13 Å². The number of hydrogen-bond acceptors (Lipinski definition) is 6. The fourth-order valence-electron chi connectivity index (χ4n) is 2.46. The van der Waals surface area contributed by atoms with E-state index in [1.165, 1.54) is 11.3 Å². The van der Waals surface area contributed by atoms with Crippen LogP contribution in [0.25, 0.3) is 22.2 Å². The van der Waals surface area contributed by atoms with Gasteiger partial charge in [0.05, 0.1) is 17.5 Å². The van der Waals surface area contributed by atoms with Crippen LogP contribution in [0, 0.1) is 0 Å². The van der Waals surface area contributed by atoms with Crippen molar-refractivity contribution in [3.63, 3.8) is 0 Å². The Morgan fingerprint density at radius 2 is 2.00 bits per heavy atom. The number of nitrogens with one attached hydrogen (secondary N) is 1. The first-order valence-corrected chi connectivity index (χ1v) is 9.46. The first-order chi connectivity index (χ1) is 13.1. The van der Waals surface area contributed by atoms with Gasteiger partial charge in [-0.2, -0.15) is 5.10 Å². The lowest BCUT2D eigenvalue weighted by molar-refractivity contribution is 0.563. The second kappa shape index (κ2) is 7.52. The molecular formula is C19H11Cl2N3O2S. The van der Waals surface area contributed by atoms with Gasteiger partial charge in [-0.15, -0.1) is 11.3 Å². The highest BCUT2D eigenvalue weighted by Gasteiger charge is 2.12. The normalized spacial score (nSPS) is 11.3. The number of aromatic nitrogens is 1. The summed E-state index contributed by atoms with van der Waals surface area (Å²) >= 11 is 13.4. The first kappa shape index (κ1) is 17.7. The molecule has 0 saturated carbocycles. The lowest BCUT2D eigenvalue weighted by Gasteiger charge is -2.00. The van der Waals surface area contributed by atoms with E-state index in [0.29, 0.717) is 32.0 Å². The van der Waals surface area contributed by atoms with E-state index in [0.717, 1.165) is 10.9 Å². The lowest BCUT2D eigenvalue weighted by Crippen LogP contribution is -2.03. The van der Waals surface area contributed by atoms with E-state index in [4.69, 9.17) is 27.6 Å². The molecule has 1 N–H and O–H groups in total. The number of fused-ring (bicyclic) bond motifs is 1. The molecule has 27 heavy (non-hydrogen) atoms. The van der Waals surface area contributed by atoms with Crippen molar-refractivity contribution in [3.05, 3.63) is 79.9 Å². The van der Waals surface area contributed by atoms with Gasteiger partial charge in [-0.25, -0.2) is 9.78 Å². The second-order valence-corrected chi connectivity index (χ2v) is 7.26. The Labute approximate surface area is 167 Å². The SMILES string of the molecule is O=c1oc2ccc(Cl)cc2cc1-c1csc(N/N=C\c2ccccc2Cl)n1. The van der Waals surface area contributed by atoms with Gasteiger partial charge in [0, 0.05) is 26.4 Å². The largest absolute Gasteiger partial charge is 0.422 e. The molecule has 5 nitrogen and oxygen atoms in total. The van der Waals surface area contributed by atoms with Gasteiger partial charge in [-0.05, 0) is 30.3 Å². The minimum atomic E-state index is -0.457. The number of benzene rings is 2. The van der Waals surface area contributed by atoms with Gasteiger partial charge in [0.2, 0.25) is 5.13 Å². The van der Waals surface area contributed by atoms with Crippen LogP contribution in [0.3, 0.4) is 0 Å². The molecule has 134 valence electrons. The van der Waals surface area contributed by atoms with Crippen molar-refractivity contribution in [1.82, 2.24) is 4.98 Å². The third-order valence-electron chi connectivity index (χ3n) is 3.74. The molecule has 4 aromatic rings. The third-order valence-corrected chi connectivity index (χ3v) is 5.07. The van der Waals surface area contributed by atoms with Crippen LogP contribution >= 0.6 is 34.5 Å². The topological polar surface area (TPSA) is 67.5 Å². The maximum atomic E-state index is 12.3. The van der Waals surface area contributed by atoms with Gasteiger partial charge in [0.15, 0.2) is 0 Å². The summed E-state index contributed by atoms with van der Waals surface area (Å²) in [5.41, 5.74) is 4.52. The van der Waals surface area contributed by atoms with Crippen LogP contribution in [0.1, 0.15) is 5.56 Å². The average Bonchev–Trinajstić information content (AvgIpc) is 3.12. The standard InChI is InChI=1S/C19H11Cl2N3O2S/c20-13-5-6-17-12(7-13)8-14(18(25)26-17)16-10-27-19(23-16)24-22-9-11-3-1-2-4-15(11)21/h1-10H,(H,23,24)/b22-9-. The highest BCUT2D eigenvalue weighted by molar-refractivity contribution is 7.14. The van der Waals surface area contributed by atoms with Crippen LogP contribution < -0.4 is 11.1 Å². The van der Waals surface area contributed by atoms with Crippen molar-refractivity contribution in [2.24, 2.45) is 5.10 Å². The Bertz CT molecular complexity index is 1220. The Balaban J connectivity index is 1.59. The number of nitrogens with zero attached hydrogens (tertiary/aromatic N) is 2. The maximum Gasteiger partial charge on any atom is 0.345 e. The van der Waals surface area contributed by atoms with E-state index in [-0.39, 0.29) is 0 Å². The molecule has 0 fully saturated rings. The predicted molar refractivity (Wildman–Crippen MR) is 111 cm³/mol. The summed E-state index contributed by atoms with van der Waals surface area (Å²) < 4.78 is 5.35. The van der Waals surface area contributed by atoms with Crippen molar-refractivity contribution >= 4 is 56.9 Å². The monoisotopic (exact) mass is 415 g/mol. The van der Waals surface area contributed by atoms with E-state index in [9.17, 15) is 4.79 Å². The van der Waals surface area contributed by atoms with Crippen LogP contribution in [0.5, 0.6) is 0 Å². The van der Waals surface area contributed by atoms with Gasteiger partial charge in [-0.1, -0.05) is 41.4 Å². The molecule has 0 aliphatic carbocycles. The summed E-state index contributed by atoms with van der Waals surface area (Å²) in [7, 11) is 0. The molecule has 2 aromatic heterocycles. The van der Waals surface area contributed by atoms with Crippen LogP contribution in [-0.2, 0) is 0 Å². The predicted octanol–water partition coefficient (Wildman–Crippen LogP) is 5.67. The minimum absolute atomic E-state index is 0.365. The zero-order valence-electron chi connectivity index (χ0n) is 13.6. The van der Waals surface area contributed by atoms with Crippen molar-refractivity contribution in [3.8, 4) is 11.3 Å². The van der Waals surface area contributed by atoms with Crippen LogP contribution in [0.2, 0.25) is 10.0 Å². The molecule has 0 saturated heterocycles. The molecule has 0 bridgehead atoms. The summed E-state index contributed by atoms with van der Waals surface area (Å²) in [6.07, 6.45) is 1.61. The zero-order valence-corrected chi connectivity index (χ0v) is 16.0. The van der Waals surface area contributed by atoms with E-state index in [1.807, 2.05) is 18.2 Å². The molecule has 0 aliphatic rings. The van der Waals surface area contributed by atoms with E-state index in [2.05, 4.69) is 15.5 Å². The number of hydrogen-bond donors (Lipinski definition) is 1. The van der Waals surface area contributed by atoms with Crippen molar-refractivity contribution < 1.29 is 4.42 Å². The smallest absolute Gasteiger partial charge is 0.345 e. The molecule has 0 spiro atoms. The number of hydrazone groups is 1. The number of rotatable bonds is 4. The Morgan fingerprint density at radius 1 is 1.15 bits per heavy atom. The summed E-state index contributed by atoms with van der Waals surface area (Å²) in [6.45, 7) is 0. The van der Waals surface area contributed by atoms with Gasteiger partial charge in [-0.3, -0.25) is 5.43 Å². The van der Waals surface area contributed by atoms with Gasteiger partial charge in [0.25, 0.3) is 0 Å². The average molecular weight is 416 g/mol. The Kier molecular flexibility index (Phi) is 4.94. The third kappa shape index (κ3) is 3.88. The molecular weight excluding hydrogens is 405 g/mol. The summed E-state index contributed by atoms with van der Waals surface area (Å²) in [5, 5.41) is 8.34. The molecule has 0 unspecified atom stereocenters. The number of anilines is 1. The van der Waals surface area contributed by atoms with E-state index >= 15 is 0 Å². The van der Waals surface area contributed by atoms with Crippen LogP contribution in [0.15, 0.2) is 68.2 Å². The second-order valence-electron chi connectivity index (χ2n) is 5.56. The Hall–Kier alpha value is -2.67. The van der Waals surface area contributed by atoms with Crippen molar-refractivity contribution in [2.75, 3.05) is 5.43 Å². The molecule has 0 atom stereocenters. The molecule has 0 radical (unpaired) electrons. The summed E-state index contributed by atoms with van der Waals surface area (Å²) in [4.78, 5) is 16.7. The van der Waals surface area contributed by atoms with Gasteiger partial charge >= 0.3 is 5.63 Å². The zero-order chi connectivity index (χ0) is 18.8. The molecule has 0 amide bonds. The van der Waals surface area contributed by atoms with E-state index in [1.54, 1.807) is 41.9 Å². The van der Waals surface area contributed by atoms with Gasteiger partial charge in [0.1, 0.15) is 5.58 Å². The fourth-order valence-corrected chi connectivity index (χ4v) is 3.48. The molecule has 0 aliphatic heterocycles. The minimum Gasteiger partial charge on any atom is -0.422 e. The number of thiazole rings is 1. The highest BCUT2D eigenvalue weighted by Crippen LogP contribution is 2.26. The summed E-state index contributed by atoms with van der Waals surface area (Å²) in [6, 6.07) is 14.2. The quantitative estimate of drug-likeness (QED) is 0.265. The Morgan fingerprint density at radius 3 is 2.85 bits per heavy atom. The van der Waals surface area contributed by atoms with Crippen molar-refractivity contribution in [1.29, 1.82) is 0 Å². The molecule has 2 aromatic carbocycles. The van der Waals surface area contributed by atoms with Crippen molar-refractivity contribution in [2.45, 2.75) is 0 Å². The fraction of sp³-hybridized carbons (Fsp3) is 0. The number of halogens is 2. The summed E-state index contributed by atoms with van der Waals surface area (Å²) in [5.74, 6) is 0. The van der Waals surface area contributed by atoms with Crippen LogP contribution in [-0.4, -0.2) is 11.2 Å². The van der Waals surface area contributed by atoms with E-state index < -0.39 is 5.63 Å². The molecule has 4 rings (SSSR count). The lowest BCUT2D eigenvalue weighted by atomic mass is 10.1. The molecule has 2 heterocycles. The van der Waals surface area contributed by atoms with Gasteiger partial charge < -0.3 is 4.42 Å².